The molecule has 0 aromatic rings. The molecule has 2 nitrogen and oxygen atoms in total. The van der Waals surface area contributed by atoms with E-state index >= 15 is 0 Å². The van der Waals surface area contributed by atoms with Gasteiger partial charge in [0.2, 0.25) is 0 Å². The average molecular weight is 314 g/mol. The third kappa shape index (κ3) is 3.21. The van der Waals surface area contributed by atoms with Gasteiger partial charge in [0, 0.05) is 0 Å². The lowest BCUT2D eigenvalue weighted by Gasteiger charge is -2.58. The van der Waals surface area contributed by atoms with E-state index in [9.17, 15) is 0 Å². The van der Waals surface area contributed by atoms with E-state index in [-0.39, 0.29) is 11.6 Å². The third-order valence-corrected chi connectivity index (χ3v) is 6.60. The zero-order valence-corrected chi connectivity index (χ0v) is 15.3. The van der Waals surface area contributed by atoms with Crippen molar-refractivity contribution in [2.45, 2.75) is 64.5 Å². The van der Waals surface area contributed by atoms with E-state index < -0.39 is 0 Å². The molecular weight excluding hydrogens is 282 g/mol. The lowest BCUT2D eigenvalue weighted by atomic mass is 9.58. The van der Waals surface area contributed by atoms with Crippen LogP contribution in [0.25, 0.3) is 5.32 Å². The quantitative estimate of drug-likeness (QED) is 0.638. The van der Waals surface area contributed by atoms with Gasteiger partial charge in [-0.05, 0) is 62.9 Å². The topological polar surface area (TPSA) is 23.3 Å². The summed E-state index contributed by atoms with van der Waals surface area (Å²) in [4.78, 5) is 0. The summed E-state index contributed by atoms with van der Waals surface area (Å²) in [5, 5.41) is 4.81. The summed E-state index contributed by atoms with van der Waals surface area (Å²) in [5.74, 6) is 1.98. The normalized spacial score (nSPS) is 40.9. The zero-order valence-electron chi connectivity index (χ0n) is 15.3. The van der Waals surface area contributed by atoms with Crippen LogP contribution in [0.15, 0.2) is 35.5 Å². The van der Waals surface area contributed by atoms with Crippen LogP contribution in [0.2, 0.25) is 0 Å². The van der Waals surface area contributed by atoms with Gasteiger partial charge in [-0.1, -0.05) is 43.2 Å². The Kier molecular flexibility index (Phi) is 4.85. The molecule has 5 atom stereocenters. The second-order valence-electron chi connectivity index (χ2n) is 8.12. The predicted molar refractivity (Wildman–Crippen MR) is 97.6 cm³/mol. The van der Waals surface area contributed by atoms with Gasteiger partial charge in [-0.25, -0.2) is 0 Å². The SMILES string of the molecule is C=C(C)C1CC=C(C2CCC(C)([N-]C)C3CCC(C)=CC23)CO1. The van der Waals surface area contributed by atoms with Crippen molar-refractivity contribution >= 4 is 0 Å². The van der Waals surface area contributed by atoms with Crippen LogP contribution in [0.1, 0.15) is 52.9 Å². The summed E-state index contributed by atoms with van der Waals surface area (Å²) in [7, 11) is 2.02. The molecule has 0 bridgehead atoms. The lowest BCUT2D eigenvalue weighted by Crippen LogP contribution is -2.47. The Morgan fingerprint density at radius 3 is 2.78 bits per heavy atom. The molecule has 1 saturated carbocycles. The Balaban J connectivity index is 1.83. The first-order valence-corrected chi connectivity index (χ1v) is 9.19. The highest BCUT2D eigenvalue weighted by Gasteiger charge is 2.42. The van der Waals surface area contributed by atoms with Crippen LogP contribution in [0.5, 0.6) is 0 Å². The fraction of sp³-hybridized carbons (Fsp3) is 0.714. The van der Waals surface area contributed by atoms with Gasteiger partial charge >= 0.3 is 0 Å². The Labute approximate surface area is 142 Å². The summed E-state index contributed by atoms with van der Waals surface area (Å²) in [6, 6.07) is 0. The molecule has 0 aromatic heterocycles. The maximum atomic E-state index is 6.08. The van der Waals surface area contributed by atoms with E-state index in [1.807, 2.05) is 7.05 Å². The number of fused-ring (bicyclic) bond motifs is 1. The zero-order chi connectivity index (χ0) is 16.6. The molecule has 1 aliphatic heterocycles. The third-order valence-electron chi connectivity index (χ3n) is 6.60. The minimum absolute atomic E-state index is 0.161. The van der Waals surface area contributed by atoms with E-state index in [0.29, 0.717) is 17.8 Å². The van der Waals surface area contributed by atoms with Crippen LogP contribution >= 0.6 is 0 Å². The molecule has 3 aliphatic rings. The number of nitrogens with zero attached hydrogens (tertiary/aromatic N) is 1. The number of hydrogen-bond donors (Lipinski definition) is 0. The Bertz CT molecular complexity index is 532. The maximum absolute atomic E-state index is 6.08. The molecular formula is C21H32NO-. The van der Waals surface area contributed by atoms with Crippen molar-refractivity contribution in [2.75, 3.05) is 13.7 Å². The van der Waals surface area contributed by atoms with Crippen LogP contribution in [-0.2, 0) is 4.74 Å². The minimum atomic E-state index is 0.161. The van der Waals surface area contributed by atoms with Crippen molar-refractivity contribution in [2.24, 2.45) is 17.8 Å². The van der Waals surface area contributed by atoms with Crippen molar-refractivity contribution in [1.29, 1.82) is 0 Å². The Hall–Kier alpha value is -0.860. The molecule has 1 fully saturated rings. The van der Waals surface area contributed by atoms with Gasteiger partial charge in [0.25, 0.3) is 0 Å². The molecule has 23 heavy (non-hydrogen) atoms. The molecule has 3 rings (SSSR count). The van der Waals surface area contributed by atoms with Crippen LogP contribution in [-0.4, -0.2) is 25.3 Å². The molecule has 0 spiro atoms. The summed E-state index contributed by atoms with van der Waals surface area (Å²) >= 11 is 0. The van der Waals surface area contributed by atoms with Crippen LogP contribution in [0.3, 0.4) is 0 Å². The summed E-state index contributed by atoms with van der Waals surface area (Å²) in [6.45, 7) is 11.6. The standard InChI is InChI=1S/C21H32NO/c1-14(2)20-9-7-16(13-23-20)17-10-11-21(4,22-5)19-8-6-15(3)12-18(17)19/h7,12,17-20H,1,6,8-11,13H2,2-5H3/q-1. The van der Waals surface area contributed by atoms with Crippen LogP contribution in [0.4, 0.5) is 0 Å². The predicted octanol–water partition coefficient (Wildman–Crippen LogP) is 5.42. The highest BCUT2D eigenvalue weighted by Crippen LogP contribution is 2.52. The van der Waals surface area contributed by atoms with Gasteiger partial charge < -0.3 is 10.1 Å². The number of ether oxygens (including phenoxy) is 1. The number of hydrogen-bond acceptors (Lipinski definition) is 1. The minimum Gasteiger partial charge on any atom is -0.659 e. The van der Waals surface area contributed by atoms with Gasteiger partial charge in [-0.3, -0.25) is 0 Å². The molecule has 0 radical (unpaired) electrons. The van der Waals surface area contributed by atoms with E-state index in [0.717, 1.165) is 18.6 Å². The second-order valence-corrected chi connectivity index (χ2v) is 8.12. The van der Waals surface area contributed by atoms with Crippen molar-refractivity contribution < 1.29 is 4.74 Å². The highest BCUT2D eigenvalue weighted by molar-refractivity contribution is 5.26. The van der Waals surface area contributed by atoms with Crippen molar-refractivity contribution in [1.82, 2.24) is 0 Å². The fourth-order valence-corrected chi connectivity index (χ4v) is 4.95. The first-order chi connectivity index (χ1) is 10.9. The highest BCUT2D eigenvalue weighted by atomic mass is 16.5. The van der Waals surface area contributed by atoms with Gasteiger partial charge in [-0.2, -0.15) is 7.05 Å². The van der Waals surface area contributed by atoms with E-state index in [1.54, 1.807) is 5.57 Å². The van der Waals surface area contributed by atoms with Crippen molar-refractivity contribution in [3.63, 3.8) is 0 Å². The molecule has 0 saturated heterocycles. The second kappa shape index (κ2) is 6.57. The van der Waals surface area contributed by atoms with Gasteiger partial charge in [0.15, 0.2) is 0 Å². The summed E-state index contributed by atoms with van der Waals surface area (Å²) in [6.07, 6.45) is 11.2. The Morgan fingerprint density at radius 2 is 2.17 bits per heavy atom. The van der Waals surface area contributed by atoms with Crippen LogP contribution in [0, 0.1) is 17.8 Å². The van der Waals surface area contributed by atoms with Gasteiger partial charge in [0.1, 0.15) is 0 Å². The molecule has 2 heteroatoms. The molecule has 2 aliphatic carbocycles. The molecule has 0 N–H and O–H groups in total. The monoisotopic (exact) mass is 314 g/mol. The van der Waals surface area contributed by atoms with E-state index in [4.69, 9.17) is 10.1 Å². The molecule has 0 aromatic carbocycles. The largest absolute Gasteiger partial charge is 0.659 e. The van der Waals surface area contributed by atoms with Crippen LogP contribution < -0.4 is 0 Å². The smallest absolute Gasteiger partial charge is 0.0818 e. The molecule has 0 amide bonds. The molecule has 5 unspecified atom stereocenters. The number of rotatable bonds is 3. The number of allylic oxidation sites excluding steroid dienone is 2. The van der Waals surface area contributed by atoms with Gasteiger partial charge in [-0.15, -0.1) is 5.54 Å². The Morgan fingerprint density at radius 1 is 1.39 bits per heavy atom. The summed E-state index contributed by atoms with van der Waals surface area (Å²) < 4.78 is 6.08. The fourth-order valence-electron chi connectivity index (χ4n) is 4.95. The summed E-state index contributed by atoms with van der Waals surface area (Å²) in [5.41, 5.74) is 4.40. The maximum Gasteiger partial charge on any atom is 0.0818 e. The van der Waals surface area contributed by atoms with Gasteiger partial charge in [0.05, 0.1) is 12.7 Å². The van der Waals surface area contributed by atoms with Crippen molar-refractivity contribution in [3.05, 3.63) is 40.8 Å². The van der Waals surface area contributed by atoms with E-state index in [2.05, 4.69) is 39.5 Å². The average Bonchev–Trinajstić information content (AvgIpc) is 2.55. The molecule has 1 heterocycles. The molecule has 128 valence electrons. The lowest BCUT2D eigenvalue weighted by molar-refractivity contribution is 0.0633. The first-order valence-electron chi connectivity index (χ1n) is 9.19. The first kappa shape index (κ1) is 17.0. The van der Waals surface area contributed by atoms with Crippen molar-refractivity contribution in [3.8, 4) is 0 Å². The van der Waals surface area contributed by atoms with E-state index in [1.165, 1.54) is 31.3 Å².